The Morgan fingerprint density at radius 3 is 2.32 bits per heavy atom. The molecule has 0 saturated carbocycles. The molecule has 1 aliphatic heterocycles. The first-order chi connectivity index (χ1) is 13.2. The van der Waals surface area contributed by atoms with Gasteiger partial charge in [-0.1, -0.05) is 45.0 Å². The van der Waals surface area contributed by atoms with Crippen molar-refractivity contribution in [3.05, 3.63) is 65.0 Å². The number of ether oxygens (including phenoxy) is 1. The maximum atomic E-state index is 14.1. The van der Waals surface area contributed by atoms with Crippen molar-refractivity contribution in [2.45, 2.75) is 51.7 Å². The van der Waals surface area contributed by atoms with Crippen LogP contribution in [0.2, 0.25) is 0 Å². The molecule has 1 amide bonds. The van der Waals surface area contributed by atoms with E-state index in [-0.39, 0.29) is 22.8 Å². The predicted octanol–water partition coefficient (Wildman–Crippen LogP) is 4.27. The average Bonchev–Trinajstić information content (AvgIpc) is 2.64. The van der Waals surface area contributed by atoms with Gasteiger partial charge in [0.1, 0.15) is 6.10 Å². The van der Waals surface area contributed by atoms with Crippen LogP contribution in [-0.4, -0.2) is 30.0 Å². The fourth-order valence-corrected chi connectivity index (χ4v) is 3.48. The van der Waals surface area contributed by atoms with Crippen molar-refractivity contribution >= 4 is 5.91 Å². The molecule has 4 nitrogen and oxygen atoms in total. The molecule has 1 fully saturated rings. The van der Waals surface area contributed by atoms with Crippen molar-refractivity contribution in [1.82, 2.24) is 4.90 Å². The Morgan fingerprint density at radius 1 is 1.14 bits per heavy atom. The Labute approximate surface area is 166 Å². The maximum absolute atomic E-state index is 14.1. The number of nitrogens with two attached hydrogens (primary N) is 1. The van der Waals surface area contributed by atoms with E-state index in [9.17, 15) is 9.18 Å². The van der Waals surface area contributed by atoms with Gasteiger partial charge in [-0.05, 0) is 47.6 Å². The number of carbonyl (C=O) groups excluding carboxylic acids is 1. The second-order valence-corrected chi connectivity index (χ2v) is 8.55. The Kier molecular flexibility index (Phi) is 6.04. The minimum absolute atomic E-state index is 0.0200. The van der Waals surface area contributed by atoms with Gasteiger partial charge in [-0.2, -0.15) is 0 Å². The molecular weight excluding hydrogens is 355 g/mol. The number of primary amides is 1. The Morgan fingerprint density at radius 2 is 1.79 bits per heavy atom. The zero-order valence-electron chi connectivity index (χ0n) is 16.9. The van der Waals surface area contributed by atoms with Crippen molar-refractivity contribution in [3.63, 3.8) is 0 Å². The van der Waals surface area contributed by atoms with Crippen LogP contribution in [0.25, 0.3) is 0 Å². The molecule has 0 bridgehead atoms. The molecule has 1 saturated heterocycles. The highest BCUT2D eigenvalue weighted by Gasteiger charge is 2.22. The number of halogens is 1. The van der Waals surface area contributed by atoms with Crippen LogP contribution in [0.5, 0.6) is 5.75 Å². The second-order valence-electron chi connectivity index (χ2n) is 8.55. The van der Waals surface area contributed by atoms with Gasteiger partial charge in [0.2, 0.25) is 5.91 Å². The van der Waals surface area contributed by atoms with E-state index in [4.69, 9.17) is 10.5 Å². The summed E-state index contributed by atoms with van der Waals surface area (Å²) in [5.41, 5.74) is 8.14. The van der Waals surface area contributed by atoms with Gasteiger partial charge in [-0.3, -0.25) is 9.69 Å². The molecule has 0 aliphatic carbocycles. The Balaban J connectivity index is 1.51. The van der Waals surface area contributed by atoms with Crippen molar-refractivity contribution in [2.75, 3.05) is 13.1 Å². The van der Waals surface area contributed by atoms with E-state index >= 15 is 0 Å². The molecule has 28 heavy (non-hydrogen) atoms. The molecule has 5 heteroatoms. The molecular formula is C23H29FN2O2. The van der Waals surface area contributed by atoms with E-state index in [1.54, 1.807) is 0 Å². The van der Waals surface area contributed by atoms with Gasteiger partial charge in [-0.15, -0.1) is 0 Å². The second kappa shape index (κ2) is 8.31. The summed E-state index contributed by atoms with van der Waals surface area (Å²) >= 11 is 0. The van der Waals surface area contributed by atoms with Crippen molar-refractivity contribution in [3.8, 4) is 5.75 Å². The highest BCUT2D eigenvalue weighted by atomic mass is 19.1. The average molecular weight is 384 g/mol. The number of hydrogen-bond acceptors (Lipinski definition) is 3. The molecule has 0 aromatic heterocycles. The van der Waals surface area contributed by atoms with Gasteiger partial charge in [0.05, 0.1) is 0 Å². The molecule has 3 rings (SSSR count). The first-order valence-corrected chi connectivity index (χ1v) is 9.80. The molecule has 2 N–H and O–H groups in total. The van der Waals surface area contributed by atoms with Gasteiger partial charge in [0.15, 0.2) is 11.6 Å². The molecule has 0 radical (unpaired) electrons. The largest absolute Gasteiger partial charge is 0.487 e. The number of nitrogens with zero attached hydrogens (tertiary/aromatic N) is 1. The lowest BCUT2D eigenvalue weighted by molar-refractivity contribution is 0.0933. The highest BCUT2D eigenvalue weighted by molar-refractivity contribution is 5.92. The van der Waals surface area contributed by atoms with Crippen LogP contribution < -0.4 is 10.5 Å². The lowest BCUT2D eigenvalue weighted by Gasteiger charge is -2.32. The first-order valence-electron chi connectivity index (χ1n) is 9.80. The van der Waals surface area contributed by atoms with Gasteiger partial charge < -0.3 is 10.5 Å². The third-order valence-corrected chi connectivity index (χ3v) is 5.27. The number of piperidine rings is 1. The molecule has 0 unspecified atom stereocenters. The third kappa shape index (κ3) is 5.10. The quantitative estimate of drug-likeness (QED) is 0.838. The summed E-state index contributed by atoms with van der Waals surface area (Å²) < 4.78 is 19.9. The summed E-state index contributed by atoms with van der Waals surface area (Å²) in [5, 5.41) is 0. The maximum Gasteiger partial charge on any atom is 0.248 e. The summed E-state index contributed by atoms with van der Waals surface area (Å²) in [6.45, 7) is 9.39. The number of rotatable bonds is 5. The van der Waals surface area contributed by atoms with Crippen LogP contribution in [0.3, 0.4) is 0 Å². The fourth-order valence-electron chi connectivity index (χ4n) is 3.48. The van der Waals surface area contributed by atoms with E-state index < -0.39 is 11.7 Å². The van der Waals surface area contributed by atoms with Gasteiger partial charge in [0, 0.05) is 25.2 Å². The van der Waals surface area contributed by atoms with E-state index in [2.05, 4.69) is 49.9 Å². The summed E-state index contributed by atoms with van der Waals surface area (Å²) in [4.78, 5) is 13.5. The molecule has 0 atom stereocenters. The van der Waals surface area contributed by atoms with Crippen LogP contribution >= 0.6 is 0 Å². The first kappa shape index (κ1) is 20.3. The lowest BCUT2D eigenvalue weighted by atomic mass is 9.86. The van der Waals surface area contributed by atoms with Crippen LogP contribution in [-0.2, 0) is 12.0 Å². The van der Waals surface area contributed by atoms with Crippen LogP contribution in [0.15, 0.2) is 42.5 Å². The van der Waals surface area contributed by atoms with Crippen LogP contribution in [0.4, 0.5) is 4.39 Å². The van der Waals surface area contributed by atoms with Crippen molar-refractivity contribution < 1.29 is 13.9 Å². The Bertz CT molecular complexity index is 819. The topological polar surface area (TPSA) is 55.6 Å². The van der Waals surface area contributed by atoms with Crippen LogP contribution in [0, 0.1) is 5.82 Å². The summed E-state index contributed by atoms with van der Waals surface area (Å²) in [6, 6.07) is 13.0. The fraction of sp³-hybridized carbons (Fsp3) is 0.435. The van der Waals surface area contributed by atoms with Crippen LogP contribution in [0.1, 0.15) is 55.1 Å². The van der Waals surface area contributed by atoms with E-state index in [0.29, 0.717) is 0 Å². The molecule has 2 aromatic carbocycles. The predicted molar refractivity (Wildman–Crippen MR) is 109 cm³/mol. The molecule has 1 heterocycles. The molecule has 0 spiro atoms. The third-order valence-electron chi connectivity index (χ3n) is 5.27. The number of carbonyl (C=O) groups is 1. The molecule has 2 aromatic rings. The molecule has 150 valence electrons. The van der Waals surface area contributed by atoms with E-state index in [1.165, 1.54) is 23.3 Å². The van der Waals surface area contributed by atoms with Gasteiger partial charge >= 0.3 is 0 Å². The minimum atomic E-state index is -0.644. The van der Waals surface area contributed by atoms with E-state index in [0.717, 1.165) is 38.5 Å². The Hall–Kier alpha value is -2.40. The minimum Gasteiger partial charge on any atom is -0.487 e. The van der Waals surface area contributed by atoms with Gasteiger partial charge in [-0.25, -0.2) is 4.39 Å². The lowest BCUT2D eigenvalue weighted by Crippen LogP contribution is -2.37. The number of hydrogen-bond donors (Lipinski definition) is 1. The van der Waals surface area contributed by atoms with Crippen molar-refractivity contribution in [2.24, 2.45) is 5.73 Å². The monoisotopic (exact) mass is 384 g/mol. The summed E-state index contributed by atoms with van der Waals surface area (Å²) in [6.07, 6.45) is 1.67. The standard InChI is InChI=1S/C23H29FN2O2/c1-23(2,3)18-7-4-16(5-8-18)15-26-12-10-19(11-13-26)28-21-9-6-17(22(25)27)14-20(21)24/h4-9,14,19H,10-13,15H2,1-3H3,(H2,25,27). The van der Waals surface area contributed by atoms with Crippen molar-refractivity contribution in [1.29, 1.82) is 0 Å². The number of likely N-dealkylation sites (tertiary alicyclic amines) is 1. The SMILES string of the molecule is CC(C)(C)c1ccc(CN2CCC(Oc3ccc(C(N)=O)cc3F)CC2)cc1. The highest BCUT2D eigenvalue weighted by Crippen LogP contribution is 2.25. The zero-order valence-corrected chi connectivity index (χ0v) is 16.9. The summed E-state index contributed by atoms with van der Waals surface area (Å²) in [5.74, 6) is -1.01. The normalized spacial score (nSPS) is 16.1. The van der Waals surface area contributed by atoms with E-state index in [1.807, 2.05) is 0 Å². The zero-order chi connectivity index (χ0) is 20.3. The summed E-state index contributed by atoms with van der Waals surface area (Å²) in [7, 11) is 0. The number of amides is 1. The molecule has 1 aliphatic rings. The smallest absolute Gasteiger partial charge is 0.248 e. The van der Waals surface area contributed by atoms with Gasteiger partial charge in [0.25, 0.3) is 0 Å². The number of benzene rings is 2.